The van der Waals surface area contributed by atoms with Gasteiger partial charge in [-0.25, -0.2) is 9.67 Å². The molecule has 2 aromatic carbocycles. The van der Waals surface area contributed by atoms with Crippen molar-refractivity contribution in [1.29, 1.82) is 0 Å². The van der Waals surface area contributed by atoms with Crippen molar-refractivity contribution < 1.29 is 0 Å². The highest BCUT2D eigenvalue weighted by atomic mass is 35.5. The number of aryl methyl sites for hydroxylation is 1. The molecule has 0 spiro atoms. The molecule has 4 aromatic rings. The molecule has 0 aliphatic heterocycles. The normalized spacial score (nSPS) is 11.4. The highest BCUT2D eigenvalue weighted by Crippen LogP contribution is 2.33. The number of aromatic nitrogens is 4. The highest BCUT2D eigenvalue weighted by molar-refractivity contribution is 6.40. The summed E-state index contributed by atoms with van der Waals surface area (Å²) in [5.74, 6) is 0.492. The van der Waals surface area contributed by atoms with Crippen LogP contribution in [0.25, 0.3) is 16.7 Å². The van der Waals surface area contributed by atoms with E-state index in [1.165, 1.54) is 4.68 Å². The summed E-state index contributed by atoms with van der Waals surface area (Å²) in [7, 11) is 0. The lowest BCUT2D eigenvalue weighted by atomic mass is 10.0. The number of aromatic amines is 1. The monoisotopic (exact) mass is 461 g/mol. The Kier molecular flexibility index (Phi) is 5.49. The predicted octanol–water partition coefficient (Wildman–Crippen LogP) is 5.11. The first-order chi connectivity index (χ1) is 14.3. The molecule has 0 fully saturated rings. The minimum absolute atomic E-state index is 0.263. The number of nitrogen functional groups attached to an aromatic ring is 1. The molecule has 0 aliphatic carbocycles. The van der Waals surface area contributed by atoms with Crippen LogP contribution in [0.15, 0.2) is 35.1 Å². The Labute approximate surface area is 187 Å². The summed E-state index contributed by atoms with van der Waals surface area (Å²) >= 11 is 18.9. The standard InChI is InChI=1S/C21H18Cl3N5O/c1-3-16-18-20(29(28-16)19-13(23)8-12(22)9-14(19)24)26-17(27-21(18)30)7-11-5-4-6-15(25)10(11)2/h4-6,8-9H,3,7,25H2,1-2H3,(H,26,27,30). The molecule has 3 N–H and O–H groups in total. The van der Waals surface area contributed by atoms with Gasteiger partial charge in [0.05, 0.1) is 15.7 Å². The lowest BCUT2D eigenvalue weighted by Crippen LogP contribution is -2.14. The molecule has 2 heterocycles. The minimum atomic E-state index is -0.263. The van der Waals surface area contributed by atoms with Crippen molar-refractivity contribution in [1.82, 2.24) is 19.7 Å². The molecule has 0 aliphatic rings. The number of rotatable bonds is 4. The molecule has 154 valence electrons. The second-order valence-corrected chi connectivity index (χ2v) is 8.20. The van der Waals surface area contributed by atoms with E-state index in [4.69, 9.17) is 45.5 Å². The van der Waals surface area contributed by atoms with Crippen molar-refractivity contribution in [2.45, 2.75) is 26.7 Å². The van der Waals surface area contributed by atoms with Gasteiger partial charge in [0.1, 0.15) is 16.9 Å². The van der Waals surface area contributed by atoms with Crippen LogP contribution in [-0.4, -0.2) is 19.7 Å². The Balaban J connectivity index is 1.95. The number of nitrogens with zero attached hydrogens (tertiary/aromatic N) is 3. The molecule has 2 aromatic heterocycles. The number of nitrogens with two attached hydrogens (primary N) is 1. The quantitative estimate of drug-likeness (QED) is 0.412. The van der Waals surface area contributed by atoms with Crippen LogP contribution in [0.3, 0.4) is 0 Å². The van der Waals surface area contributed by atoms with Gasteiger partial charge in [0, 0.05) is 17.1 Å². The van der Waals surface area contributed by atoms with Crippen LogP contribution in [0.4, 0.5) is 5.69 Å². The number of hydrogen-bond acceptors (Lipinski definition) is 4. The summed E-state index contributed by atoms with van der Waals surface area (Å²) in [6.45, 7) is 3.86. The molecule has 9 heteroatoms. The van der Waals surface area contributed by atoms with Gasteiger partial charge < -0.3 is 10.7 Å². The molecule has 30 heavy (non-hydrogen) atoms. The van der Waals surface area contributed by atoms with Gasteiger partial charge in [0.15, 0.2) is 5.65 Å². The van der Waals surface area contributed by atoms with Crippen molar-refractivity contribution >= 4 is 51.5 Å². The summed E-state index contributed by atoms with van der Waals surface area (Å²) in [4.78, 5) is 20.5. The van der Waals surface area contributed by atoms with E-state index in [0.717, 1.165) is 11.1 Å². The van der Waals surface area contributed by atoms with Crippen LogP contribution in [0.1, 0.15) is 29.6 Å². The Hall–Kier alpha value is -2.54. The number of halogens is 3. The first-order valence-electron chi connectivity index (χ1n) is 9.29. The molecular weight excluding hydrogens is 445 g/mol. The Morgan fingerprint density at radius 1 is 1.17 bits per heavy atom. The fraction of sp³-hybridized carbons (Fsp3) is 0.190. The highest BCUT2D eigenvalue weighted by Gasteiger charge is 2.21. The molecule has 0 unspecified atom stereocenters. The zero-order chi connectivity index (χ0) is 21.6. The van der Waals surface area contributed by atoms with Crippen LogP contribution < -0.4 is 11.3 Å². The number of H-pyrrole nitrogens is 1. The van der Waals surface area contributed by atoms with Gasteiger partial charge in [-0.2, -0.15) is 5.10 Å². The van der Waals surface area contributed by atoms with Gasteiger partial charge in [0.25, 0.3) is 5.56 Å². The minimum Gasteiger partial charge on any atom is -0.399 e. The first-order valence-corrected chi connectivity index (χ1v) is 10.4. The van der Waals surface area contributed by atoms with Crippen molar-refractivity contribution in [3.8, 4) is 5.69 Å². The van der Waals surface area contributed by atoms with Crippen molar-refractivity contribution in [2.24, 2.45) is 0 Å². The van der Waals surface area contributed by atoms with Gasteiger partial charge in [0.2, 0.25) is 0 Å². The van der Waals surface area contributed by atoms with Gasteiger partial charge in [-0.05, 0) is 42.7 Å². The van der Waals surface area contributed by atoms with Crippen molar-refractivity contribution in [3.05, 3.63) is 78.4 Å². The molecule has 6 nitrogen and oxygen atoms in total. The maximum atomic E-state index is 12.9. The fourth-order valence-electron chi connectivity index (χ4n) is 3.44. The van der Waals surface area contributed by atoms with Gasteiger partial charge in [-0.1, -0.05) is 53.9 Å². The Morgan fingerprint density at radius 2 is 1.87 bits per heavy atom. The molecule has 0 bridgehead atoms. The average Bonchev–Trinajstić information content (AvgIpc) is 3.04. The molecule has 0 atom stereocenters. The second-order valence-electron chi connectivity index (χ2n) is 6.95. The van der Waals surface area contributed by atoms with E-state index < -0.39 is 0 Å². The SMILES string of the molecule is CCc1nn(-c2c(Cl)cc(Cl)cc2Cl)c2nc(Cc3cccc(N)c3C)[nH]c(=O)c12. The molecule has 0 saturated carbocycles. The Morgan fingerprint density at radius 3 is 2.53 bits per heavy atom. The van der Waals surface area contributed by atoms with Crippen LogP contribution in [0.5, 0.6) is 0 Å². The largest absolute Gasteiger partial charge is 0.399 e. The van der Waals surface area contributed by atoms with Crippen LogP contribution >= 0.6 is 34.8 Å². The summed E-state index contributed by atoms with van der Waals surface area (Å²) in [5.41, 5.74) is 9.78. The third-order valence-electron chi connectivity index (χ3n) is 5.03. The van der Waals surface area contributed by atoms with E-state index in [2.05, 4.69) is 10.1 Å². The molecule has 0 amide bonds. The van der Waals surface area contributed by atoms with E-state index in [1.54, 1.807) is 12.1 Å². The van der Waals surface area contributed by atoms with E-state index in [9.17, 15) is 4.79 Å². The summed E-state index contributed by atoms with van der Waals surface area (Å²) in [5, 5.41) is 6.02. The van der Waals surface area contributed by atoms with Crippen LogP contribution in [0, 0.1) is 6.92 Å². The lowest BCUT2D eigenvalue weighted by molar-refractivity contribution is 0.848. The first kappa shape index (κ1) is 20.7. The summed E-state index contributed by atoms with van der Waals surface area (Å²) < 4.78 is 1.51. The van der Waals surface area contributed by atoms with Gasteiger partial charge >= 0.3 is 0 Å². The lowest BCUT2D eigenvalue weighted by Gasteiger charge is -2.10. The van der Waals surface area contributed by atoms with E-state index in [0.29, 0.717) is 61.8 Å². The summed E-state index contributed by atoms with van der Waals surface area (Å²) in [6.07, 6.45) is 0.960. The number of anilines is 1. The fourth-order valence-corrected chi connectivity index (χ4v) is 4.41. The topological polar surface area (TPSA) is 89.6 Å². The zero-order valence-corrected chi connectivity index (χ0v) is 18.5. The van der Waals surface area contributed by atoms with Crippen molar-refractivity contribution in [2.75, 3.05) is 5.73 Å². The molecule has 0 saturated heterocycles. The average molecular weight is 463 g/mol. The predicted molar refractivity (Wildman–Crippen MR) is 122 cm³/mol. The number of hydrogen-bond donors (Lipinski definition) is 2. The number of benzene rings is 2. The Bertz CT molecular complexity index is 1320. The van der Waals surface area contributed by atoms with Crippen LogP contribution in [-0.2, 0) is 12.8 Å². The maximum Gasteiger partial charge on any atom is 0.262 e. The van der Waals surface area contributed by atoms with Gasteiger partial charge in [-0.15, -0.1) is 0 Å². The van der Waals surface area contributed by atoms with E-state index in [1.807, 2.05) is 32.0 Å². The van der Waals surface area contributed by atoms with E-state index in [-0.39, 0.29) is 5.56 Å². The number of nitrogens with one attached hydrogen (secondary N) is 1. The smallest absolute Gasteiger partial charge is 0.262 e. The van der Waals surface area contributed by atoms with Gasteiger partial charge in [-0.3, -0.25) is 4.79 Å². The molecular formula is C21H18Cl3N5O. The summed E-state index contributed by atoms with van der Waals surface area (Å²) in [6, 6.07) is 8.82. The third-order valence-corrected chi connectivity index (χ3v) is 5.83. The molecule has 0 radical (unpaired) electrons. The third kappa shape index (κ3) is 3.55. The van der Waals surface area contributed by atoms with Crippen molar-refractivity contribution in [3.63, 3.8) is 0 Å². The second kappa shape index (κ2) is 7.95. The maximum absolute atomic E-state index is 12.9. The van der Waals surface area contributed by atoms with Crippen LogP contribution in [0.2, 0.25) is 15.1 Å². The van der Waals surface area contributed by atoms with E-state index >= 15 is 0 Å². The molecule has 4 rings (SSSR count). The number of fused-ring (bicyclic) bond motifs is 1. The zero-order valence-electron chi connectivity index (χ0n) is 16.3.